The third-order valence-corrected chi connectivity index (χ3v) is 2.90. The lowest BCUT2D eigenvalue weighted by molar-refractivity contribution is 0.259. The lowest BCUT2D eigenvalue weighted by Crippen LogP contribution is -2.33. The van der Waals surface area contributed by atoms with Crippen LogP contribution in [0.15, 0.2) is 29.4 Å². The van der Waals surface area contributed by atoms with E-state index in [4.69, 9.17) is 20.8 Å². The van der Waals surface area contributed by atoms with Gasteiger partial charge in [0.25, 0.3) is 0 Å². The van der Waals surface area contributed by atoms with Crippen LogP contribution in [0.3, 0.4) is 0 Å². The largest absolute Gasteiger partial charge is 0.494 e. The van der Waals surface area contributed by atoms with Gasteiger partial charge in [-0.2, -0.15) is 0 Å². The molecule has 0 aliphatic rings. The van der Waals surface area contributed by atoms with Gasteiger partial charge in [-0.25, -0.2) is 0 Å². The zero-order chi connectivity index (χ0) is 13.6. The topological polar surface area (TPSA) is 88.1 Å². The first-order valence-corrected chi connectivity index (χ1v) is 5.80. The highest BCUT2D eigenvalue weighted by atomic mass is 16.5. The molecule has 5 heteroatoms. The number of benzene rings is 1. The first-order chi connectivity index (χ1) is 8.49. The van der Waals surface area contributed by atoms with Gasteiger partial charge in [-0.1, -0.05) is 31.1 Å². The molecule has 0 unspecified atom stereocenters. The van der Waals surface area contributed by atoms with Gasteiger partial charge >= 0.3 is 0 Å². The standard InChI is InChI=1S/C13H20N2O3/c1-13(2,12(14)15-17)7-8-18-11-5-3-10(9-16)4-6-11/h3-6,16-17H,7-9H2,1-2H3,(H2,14,15). The molecule has 0 amide bonds. The third-order valence-electron chi connectivity index (χ3n) is 2.90. The van der Waals surface area contributed by atoms with Crippen LogP contribution in [0.5, 0.6) is 5.75 Å². The number of aliphatic hydroxyl groups is 1. The van der Waals surface area contributed by atoms with Crippen molar-refractivity contribution in [1.29, 1.82) is 0 Å². The summed E-state index contributed by atoms with van der Waals surface area (Å²) in [5.74, 6) is 0.934. The van der Waals surface area contributed by atoms with E-state index in [9.17, 15) is 0 Å². The van der Waals surface area contributed by atoms with Gasteiger partial charge < -0.3 is 20.8 Å². The lowest BCUT2D eigenvalue weighted by atomic mass is 9.88. The van der Waals surface area contributed by atoms with Crippen molar-refractivity contribution in [3.05, 3.63) is 29.8 Å². The molecule has 1 aromatic rings. The second-order valence-electron chi connectivity index (χ2n) is 4.77. The molecule has 18 heavy (non-hydrogen) atoms. The van der Waals surface area contributed by atoms with E-state index in [0.29, 0.717) is 13.0 Å². The van der Waals surface area contributed by atoms with E-state index in [-0.39, 0.29) is 12.4 Å². The van der Waals surface area contributed by atoms with Gasteiger partial charge in [0.15, 0.2) is 0 Å². The van der Waals surface area contributed by atoms with Gasteiger partial charge in [-0.15, -0.1) is 0 Å². The highest BCUT2D eigenvalue weighted by Crippen LogP contribution is 2.21. The molecule has 0 saturated carbocycles. The van der Waals surface area contributed by atoms with Crippen molar-refractivity contribution >= 4 is 5.84 Å². The lowest BCUT2D eigenvalue weighted by Gasteiger charge is -2.22. The zero-order valence-corrected chi connectivity index (χ0v) is 10.8. The van der Waals surface area contributed by atoms with Crippen molar-refractivity contribution in [1.82, 2.24) is 0 Å². The van der Waals surface area contributed by atoms with Crippen molar-refractivity contribution in [2.75, 3.05) is 6.61 Å². The van der Waals surface area contributed by atoms with Crippen LogP contribution in [0.1, 0.15) is 25.8 Å². The smallest absolute Gasteiger partial charge is 0.144 e. The summed E-state index contributed by atoms with van der Waals surface area (Å²) in [4.78, 5) is 0. The van der Waals surface area contributed by atoms with Gasteiger partial charge in [0, 0.05) is 5.41 Å². The van der Waals surface area contributed by atoms with Crippen molar-refractivity contribution < 1.29 is 15.1 Å². The number of hydrogen-bond donors (Lipinski definition) is 3. The zero-order valence-electron chi connectivity index (χ0n) is 10.8. The van der Waals surface area contributed by atoms with Crippen molar-refractivity contribution in [2.45, 2.75) is 26.9 Å². The Kier molecular flexibility index (Phi) is 4.97. The average molecular weight is 252 g/mol. The number of hydrogen-bond acceptors (Lipinski definition) is 4. The number of oxime groups is 1. The van der Waals surface area contributed by atoms with Gasteiger partial charge in [0.05, 0.1) is 13.2 Å². The summed E-state index contributed by atoms with van der Waals surface area (Å²) in [6, 6.07) is 7.23. The maximum absolute atomic E-state index is 8.91. The maximum atomic E-state index is 8.91. The van der Waals surface area contributed by atoms with Crippen LogP contribution in [-0.4, -0.2) is 22.8 Å². The van der Waals surface area contributed by atoms with Crippen molar-refractivity contribution in [2.24, 2.45) is 16.3 Å². The van der Waals surface area contributed by atoms with Crippen LogP contribution >= 0.6 is 0 Å². The molecule has 0 spiro atoms. The number of nitrogens with zero attached hydrogens (tertiary/aromatic N) is 1. The van der Waals surface area contributed by atoms with E-state index in [1.807, 2.05) is 38.1 Å². The predicted molar refractivity (Wildman–Crippen MR) is 69.7 cm³/mol. The highest BCUT2D eigenvalue weighted by molar-refractivity contribution is 5.85. The second kappa shape index (κ2) is 6.26. The van der Waals surface area contributed by atoms with E-state index >= 15 is 0 Å². The van der Waals surface area contributed by atoms with Gasteiger partial charge in [-0.05, 0) is 24.1 Å². The van der Waals surface area contributed by atoms with Gasteiger partial charge in [0.1, 0.15) is 11.6 Å². The second-order valence-corrected chi connectivity index (χ2v) is 4.77. The summed E-state index contributed by atoms with van der Waals surface area (Å²) in [5, 5.41) is 20.6. The van der Waals surface area contributed by atoms with Gasteiger partial charge in [0.2, 0.25) is 0 Å². The minimum absolute atomic E-state index is 0.0246. The van der Waals surface area contributed by atoms with E-state index in [1.165, 1.54) is 0 Å². The Hall–Kier alpha value is -1.75. The summed E-state index contributed by atoms with van der Waals surface area (Å²) in [5.41, 5.74) is 6.03. The molecule has 0 aromatic heterocycles. The summed E-state index contributed by atoms with van der Waals surface area (Å²) >= 11 is 0. The van der Waals surface area contributed by atoms with E-state index in [2.05, 4.69) is 5.16 Å². The van der Waals surface area contributed by atoms with Crippen LogP contribution in [0.4, 0.5) is 0 Å². The predicted octanol–water partition coefficient (Wildman–Crippen LogP) is 1.72. The molecule has 0 aliphatic heterocycles. The Balaban J connectivity index is 2.46. The Morgan fingerprint density at radius 1 is 1.33 bits per heavy atom. The van der Waals surface area contributed by atoms with Crippen LogP contribution in [0.2, 0.25) is 0 Å². The number of rotatable bonds is 6. The monoisotopic (exact) mass is 252 g/mol. The minimum Gasteiger partial charge on any atom is -0.494 e. The molecule has 0 atom stereocenters. The normalized spacial score (nSPS) is 12.5. The average Bonchev–Trinajstić information content (AvgIpc) is 2.38. The maximum Gasteiger partial charge on any atom is 0.144 e. The number of nitrogens with two attached hydrogens (primary N) is 1. The third kappa shape index (κ3) is 3.92. The van der Waals surface area contributed by atoms with Crippen LogP contribution < -0.4 is 10.5 Å². The van der Waals surface area contributed by atoms with Crippen LogP contribution in [0, 0.1) is 5.41 Å². The molecule has 1 aromatic carbocycles. The molecule has 5 nitrogen and oxygen atoms in total. The minimum atomic E-state index is -0.403. The SMILES string of the molecule is CC(C)(CCOc1ccc(CO)cc1)C(N)=NO. The Bertz CT molecular complexity index is 399. The quantitative estimate of drug-likeness (QED) is 0.311. The molecule has 100 valence electrons. The summed E-state index contributed by atoms with van der Waals surface area (Å²) in [6.07, 6.45) is 0.643. The molecule has 0 aliphatic carbocycles. The highest BCUT2D eigenvalue weighted by Gasteiger charge is 2.23. The van der Waals surface area contributed by atoms with Crippen molar-refractivity contribution in [3.8, 4) is 5.75 Å². The molecular weight excluding hydrogens is 232 g/mol. The molecule has 4 N–H and O–H groups in total. The fraction of sp³-hybridized carbons (Fsp3) is 0.462. The Morgan fingerprint density at radius 3 is 2.44 bits per heavy atom. The molecule has 0 bridgehead atoms. The van der Waals surface area contributed by atoms with E-state index in [0.717, 1.165) is 11.3 Å². The first-order valence-electron chi connectivity index (χ1n) is 5.80. The van der Waals surface area contributed by atoms with Crippen LogP contribution in [0.25, 0.3) is 0 Å². The number of aliphatic hydroxyl groups excluding tert-OH is 1. The summed E-state index contributed by atoms with van der Waals surface area (Å²) < 4.78 is 5.56. The summed E-state index contributed by atoms with van der Waals surface area (Å²) in [7, 11) is 0. The molecule has 0 heterocycles. The summed E-state index contributed by atoms with van der Waals surface area (Å²) in [6.45, 7) is 4.28. The Morgan fingerprint density at radius 2 is 1.94 bits per heavy atom. The molecular formula is C13H20N2O3. The van der Waals surface area contributed by atoms with E-state index < -0.39 is 5.41 Å². The van der Waals surface area contributed by atoms with E-state index in [1.54, 1.807) is 0 Å². The molecule has 0 radical (unpaired) electrons. The first kappa shape index (κ1) is 14.3. The van der Waals surface area contributed by atoms with Gasteiger partial charge in [-0.3, -0.25) is 0 Å². The molecule has 0 saturated heterocycles. The molecule has 0 fully saturated rings. The number of ether oxygens (including phenoxy) is 1. The fourth-order valence-corrected chi connectivity index (χ4v) is 1.38. The van der Waals surface area contributed by atoms with Crippen LogP contribution in [-0.2, 0) is 6.61 Å². The number of amidine groups is 1. The fourth-order valence-electron chi connectivity index (χ4n) is 1.38. The molecule has 1 rings (SSSR count). The Labute approximate surface area is 107 Å². The van der Waals surface area contributed by atoms with Crippen molar-refractivity contribution in [3.63, 3.8) is 0 Å².